The first kappa shape index (κ1) is 12.0. The smallest absolute Gasteiger partial charge is 0.120 e. The Labute approximate surface area is 89.5 Å². The molecule has 1 atom stereocenters. The van der Waals surface area contributed by atoms with Crippen molar-refractivity contribution in [3.05, 3.63) is 29.3 Å². The van der Waals surface area contributed by atoms with Gasteiger partial charge in [0, 0.05) is 24.8 Å². The van der Waals surface area contributed by atoms with Crippen LogP contribution >= 0.6 is 0 Å². The Morgan fingerprint density at radius 2 is 2.07 bits per heavy atom. The maximum atomic E-state index is 9.58. The minimum Gasteiger partial charge on any atom is -0.508 e. The van der Waals surface area contributed by atoms with Crippen molar-refractivity contribution in [2.24, 2.45) is 11.5 Å². The van der Waals surface area contributed by atoms with Gasteiger partial charge in [0.2, 0.25) is 0 Å². The molecule has 0 amide bonds. The Kier molecular flexibility index (Phi) is 4.55. The summed E-state index contributed by atoms with van der Waals surface area (Å²) in [6.07, 6.45) is 1.49. The van der Waals surface area contributed by atoms with Crippen LogP contribution in [0.5, 0.6) is 5.75 Å². The summed E-state index contributed by atoms with van der Waals surface area (Å²) in [5.41, 5.74) is 12.9. The number of hydrogen-bond acceptors (Lipinski definition) is 4. The molecule has 0 saturated carbocycles. The van der Waals surface area contributed by atoms with Crippen molar-refractivity contribution in [2.45, 2.75) is 18.9 Å². The lowest BCUT2D eigenvalue weighted by molar-refractivity contribution is 0.288. The number of benzene rings is 1. The first-order valence-corrected chi connectivity index (χ1v) is 5.07. The Morgan fingerprint density at radius 1 is 1.33 bits per heavy atom. The van der Waals surface area contributed by atoms with Crippen LogP contribution in [0.25, 0.3) is 0 Å². The Balaban J connectivity index is 2.84. The van der Waals surface area contributed by atoms with Crippen LogP contribution in [0.2, 0.25) is 0 Å². The largest absolute Gasteiger partial charge is 0.508 e. The molecule has 0 aliphatic rings. The number of nitrogens with two attached hydrogens (primary N) is 2. The number of rotatable bonds is 5. The number of phenols is 1. The van der Waals surface area contributed by atoms with E-state index >= 15 is 0 Å². The molecular formula is C11H18N2O2. The average Bonchev–Trinajstić information content (AvgIpc) is 2.27. The van der Waals surface area contributed by atoms with Gasteiger partial charge in [0.15, 0.2) is 0 Å². The third-order valence-electron chi connectivity index (χ3n) is 2.37. The van der Waals surface area contributed by atoms with E-state index in [-0.39, 0.29) is 18.4 Å². The fourth-order valence-electron chi connectivity index (χ4n) is 1.47. The van der Waals surface area contributed by atoms with E-state index in [4.69, 9.17) is 16.6 Å². The van der Waals surface area contributed by atoms with Crippen molar-refractivity contribution in [3.8, 4) is 5.75 Å². The van der Waals surface area contributed by atoms with Crippen molar-refractivity contribution in [2.75, 3.05) is 13.2 Å². The standard InChI is InChI=1S/C11H18N2O2/c12-7-10(13)9-6-8(2-1-5-14)3-4-11(9)15/h3-4,6,10,14-15H,1-2,5,7,12-13H2/t10-/m1/s1. The molecule has 0 unspecified atom stereocenters. The molecule has 84 valence electrons. The summed E-state index contributed by atoms with van der Waals surface area (Å²) in [7, 11) is 0. The third-order valence-corrected chi connectivity index (χ3v) is 2.37. The van der Waals surface area contributed by atoms with Crippen molar-refractivity contribution < 1.29 is 10.2 Å². The van der Waals surface area contributed by atoms with Crippen LogP contribution in [-0.2, 0) is 6.42 Å². The summed E-state index contributed by atoms with van der Waals surface area (Å²) >= 11 is 0. The molecule has 0 fully saturated rings. The second kappa shape index (κ2) is 5.70. The van der Waals surface area contributed by atoms with E-state index < -0.39 is 0 Å². The highest BCUT2D eigenvalue weighted by molar-refractivity contribution is 5.38. The van der Waals surface area contributed by atoms with Gasteiger partial charge in [0.05, 0.1) is 0 Å². The monoisotopic (exact) mass is 210 g/mol. The van der Waals surface area contributed by atoms with E-state index in [1.807, 2.05) is 12.1 Å². The van der Waals surface area contributed by atoms with Gasteiger partial charge in [-0.2, -0.15) is 0 Å². The zero-order chi connectivity index (χ0) is 11.3. The molecule has 1 aromatic carbocycles. The van der Waals surface area contributed by atoms with E-state index in [0.717, 1.165) is 12.0 Å². The normalized spacial score (nSPS) is 12.7. The predicted molar refractivity (Wildman–Crippen MR) is 59.5 cm³/mol. The maximum Gasteiger partial charge on any atom is 0.120 e. The molecule has 0 radical (unpaired) electrons. The molecule has 0 spiro atoms. The number of aliphatic hydroxyl groups is 1. The number of hydrogen-bond donors (Lipinski definition) is 4. The molecule has 15 heavy (non-hydrogen) atoms. The fourth-order valence-corrected chi connectivity index (χ4v) is 1.47. The van der Waals surface area contributed by atoms with Gasteiger partial charge >= 0.3 is 0 Å². The summed E-state index contributed by atoms with van der Waals surface area (Å²) in [4.78, 5) is 0. The van der Waals surface area contributed by atoms with Gasteiger partial charge in [0.1, 0.15) is 5.75 Å². The molecule has 1 rings (SSSR count). The van der Waals surface area contributed by atoms with E-state index in [1.165, 1.54) is 0 Å². The molecule has 1 aromatic rings. The van der Waals surface area contributed by atoms with E-state index in [2.05, 4.69) is 0 Å². The molecule has 0 aromatic heterocycles. The molecule has 0 saturated heterocycles. The first-order chi connectivity index (χ1) is 7.19. The van der Waals surface area contributed by atoms with Crippen LogP contribution in [0, 0.1) is 0 Å². The quantitative estimate of drug-likeness (QED) is 0.561. The first-order valence-electron chi connectivity index (χ1n) is 5.07. The van der Waals surface area contributed by atoms with Crippen LogP contribution in [0.4, 0.5) is 0 Å². The highest BCUT2D eigenvalue weighted by Gasteiger charge is 2.09. The molecule has 4 heteroatoms. The zero-order valence-electron chi connectivity index (χ0n) is 8.69. The second-order valence-electron chi connectivity index (χ2n) is 3.56. The lowest BCUT2D eigenvalue weighted by atomic mass is 10.0. The van der Waals surface area contributed by atoms with Crippen molar-refractivity contribution >= 4 is 0 Å². The number of aryl methyl sites for hydroxylation is 1. The van der Waals surface area contributed by atoms with Crippen molar-refractivity contribution in [1.29, 1.82) is 0 Å². The van der Waals surface area contributed by atoms with Gasteiger partial charge in [-0.3, -0.25) is 0 Å². The Morgan fingerprint density at radius 3 is 2.67 bits per heavy atom. The highest BCUT2D eigenvalue weighted by atomic mass is 16.3. The third kappa shape index (κ3) is 3.20. The zero-order valence-corrected chi connectivity index (χ0v) is 8.69. The lowest BCUT2D eigenvalue weighted by Crippen LogP contribution is -2.21. The molecule has 0 bridgehead atoms. The SMILES string of the molecule is NC[C@@H](N)c1cc(CCCO)ccc1O. The van der Waals surface area contributed by atoms with E-state index in [1.54, 1.807) is 6.07 Å². The minimum atomic E-state index is -0.334. The average molecular weight is 210 g/mol. The molecule has 6 N–H and O–H groups in total. The number of aromatic hydroxyl groups is 1. The van der Waals surface area contributed by atoms with Gasteiger partial charge in [-0.25, -0.2) is 0 Å². The van der Waals surface area contributed by atoms with Crippen molar-refractivity contribution in [1.82, 2.24) is 0 Å². The molecule has 0 heterocycles. The number of phenolic OH excluding ortho intramolecular Hbond substituents is 1. The summed E-state index contributed by atoms with van der Waals surface area (Å²) < 4.78 is 0. The van der Waals surface area contributed by atoms with Gasteiger partial charge in [-0.1, -0.05) is 12.1 Å². The summed E-state index contributed by atoms with van der Waals surface area (Å²) in [6.45, 7) is 0.468. The maximum absolute atomic E-state index is 9.58. The summed E-state index contributed by atoms with van der Waals surface area (Å²) in [5, 5.41) is 18.3. The molecular weight excluding hydrogens is 192 g/mol. The van der Waals surface area contributed by atoms with Crippen LogP contribution in [0.1, 0.15) is 23.6 Å². The summed E-state index contributed by atoms with van der Waals surface area (Å²) in [5.74, 6) is 0.181. The topological polar surface area (TPSA) is 92.5 Å². The van der Waals surface area contributed by atoms with Crippen LogP contribution in [-0.4, -0.2) is 23.4 Å². The predicted octanol–water partition coefficient (Wildman–Crippen LogP) is 0.276. The van der Waals surface area contributed by atoms with Gasteiger partial charge in [-0.15, -0.1) is 0 Å². The molecule has 0 aliphatic heterocycles. The van der Waals surface area contributed by atoms with Crippen LogP contribution in [0.3, 0.4) is 0 Å². The molecule has 4 nitrogen and oxygen atoms in total. The minimum absolute atomic E-state index is 0.166. The van der Waals surface area contributed by atoms with Crippen molar-refractivity contribution in [3.63, 3.8) is 0 Å². The van der Waals surface area contributed by atoms with Gasteiger partial charge < -0.3 is 21.7 Å². The number of aliphatic hydroxyl groups excluding tert-OH is 1. The van der Waals surface area contributed by atoms with E-state index in [0.29, 0.717) is 18.5 Å². The second-order valence-corrected chi connectivity index (χ2v) is 3.56. The van der Waals surface area contributed by atoms with Crippen LogP contribution in [0.15, 0.2) is 18.2 Å². The lowest BCUT2D eigenvalue weighted by Gasteiger charge is -2.12. The molecule has 0 aliphatic carbocycles. The van der Waals surface area contributed by atoms with Gasteiger partial charge in [0.25, 0.3) is 0 Å². The van der Waals surface area contributed by atoms with Gasteiger partial charge in [-0.05, 0) is 24.5 Å². The fraction of sp³-hybridized carbons (Fsp3) is 0.455. The summed E-state index contributed by atoms with van der Waals surface area (Å²) in [6, 6.07) is 4.97. The highest BCUT2D eigenvalue weighted by Crippen LogP contribution is 2.23. The Hall–Kier alpha value is -1.10. The van der Waals surface area contributed by atoms with E-state index in [9.17, 15) is 5.11 Å². The Bertz CT molecular complexity index is 315. The van der Waals surface area contributed by atoms with Crippen LogP contribution < -0.4 is 11.5 Å².